The normalized spacial score (nSPS) is 10.1. The van der Waals surface area contributed by atoms with Crippen LogP contribution < -0.4 is 4.90 Å². The SMILES string of the molecule is CCN(c1nc(C)cc(C#N)n1)C(C)C. The summed E-state index contributed by atoms with van der Waals surface area (Å²) in [5.74, 6) is 0.643. The third-order valence-electron chi connectivity index (χ3n) is 2.18. The van der Waals surface area contributed by atoms with Gasteiger partial charge in [-0.3, -0.25) is 0 Å². The van der Waals surface area contributed by atoms with Crippen LogP contribution in [0.1, 0.15) is 32.2 Å². The summed E-state index contributed by atoms with van der Waals surface area (Å²) in [7, 11) is 0. The first kappa shape index (κ1) is 11.4. The predicted molar refractivity (Wildman–Crippen MR) is 59.6 cm³/mol. The maximum Gasteiger partial charge on any atom is 0.227 e. The molecule has 4 heteroatoms. The Morgan fingerprint density at radius 2 is 2.13 bits per heavy atom. The van der Waals surface area contributed by atoms with Gasteiger partial charge in [-0.15, -0.1) is 0 Å². The number of aromatic nitrogens is 2. The van der Waals surface area contributed by atoms with E-state index >= 15 is 0 Å². The molecule has 0 saturated carbocycles. The molecule has 0 aliphatic rings. The van der Waals surface area contributed by atoms with Crippen molar-refractivity contribution >= 4 is 5.95 Å². The highest BCUT2D eigenvalue weighted by atomic mass is 15.3. The van der Waals surface area contributed by atoms with E-state index in [2.05, 4.69) is 35.6 Å². The van der Waals surface area contributed by atoms with Crippen LogP contribution in [0.5, 0.6) is 0 Å². The van der Waals surface area contributed by atoms with Gasteiger partial charge in [0.05, 0.1) is 0 Å². The Kier molecular flexibility index (Phi) is 3.62. The molecular weight excluding hydrogens is 188 g/mol. The maximum absolute atomic E-state index is 8.82. The summed E-state index contributed by atoms with van der Waals surface area (Å²) in [5, 5.41) is 8.82. The Morgan fingerprint density at radius 3 is 2.60 bits per heavy atom. The monoisotopic (exact) mass is 204 g/mol. The van der Waals surface area contributed by atoms with Gasteiger partial charge in [-0.1, -0.05) is 0 Å². The molecule has 0 bridgehead atoms. The van der Waals surface area contributed by atoms with E-state index in [0.717, 1.165) is 12.2 Å². The van der Waals surface area contributed by atoms with Gasteiger partial charge in [0.1, 0.15) is 11.8 Å². The summed E-state index contributed by atoms with van der Waals surface area (Å²) in [6.07, 6.45) is 0. The molecule has 80 valence electrons. The molecule has 0 N–H and O–H groups in total. The van der Waals surface area contributed by atoms with E-state index in [0.29, 0.717) is 17.7 Å². The Bertz CT molecular complexity index is 379. The average Bonchev–Trinajstić information content (AvgIpc) is 2.17. The highest BCUT2D eigenvalue weighted by Gasteiger charge is 2.12. The molecule has 0 amide bonds. The molecular formula is C11H16N4. The Balaban J connectivity index is 3.13. The number of hydrogen-bond donors (Lipinski definition) is 0. The van der Waals surface area contributed by atoms with Crippen molar-refractivity contribution in [2.24, 2.45) is 0 Å². The first-order valence-corrected chi connectivity index (χ1v) is 5.11. The van der Waals surface area contributed by atoms with Crippen LogP contribution in [-0.2, 0) is 0 Å². The summed E-state index contributed by atoms with van der Waals surface area (Å²) in [5.41, 5.74) is 1.26. The molecule has 1 heterocycles. The van der Waals surface area contributed by atoms with Crippen LogP contribution in [-0.4, -0.2) is 22.6 Å². The fourth-order valence-electron chi connectivity index (χ4n) is 1.48. The van der Waals surface area contributed by atoms with Crippen LogP contribution in [0.4, 0.5) is 5.95 Å². The summed E-state index contributed by atoms with van der Waals surface area (Å²) in [6, 6.07) is 4.08. The van der Waals surface area contributed by atoms with Crippen molar-refractivity contribution in [1.82, 2.24) is 9.97 Å². The standard InChI is InChI=1S/C11H16N4/c1-5-15(8(2)3)11-13-9(4)6-10(7-12)14-11/h6,8H,5H2,1-4H3. The van der Waals surface area contributed by atoms with Gasteiger partial charge >= 0.3 is 0 Å². The second-order valence-corrected chi connectivity index (χ2v) is 3.69. The van der Waals surface area contributed by atoms with Crippen molar-refractivity contribution in [2.45, 2.75) is 33.7 Å². The number of rotatable bonds is 3. The molecule has 0 saturated heterocycles. The Hall–Kier alpha value is -1.63. The predicted octanol–water partition coefficient (Wildman–Crippen LogP) is 1.89. The second-order valence-electron chi connectivity index (χ2n) is 3.69. The first-order valence-electron chi connectivity index (χ1n) is 5.11. The van der Waals surface area contributed by atoms with E-state index in [1.54, 1.807) is 6.07 Å². The summed E-state index contributed by atoms with van der Waals surface area (Å²) < 4.78 is 0. The minimum atomic E-state index is 0.336. The molecule has 1 aromatic rings. The lowest BCUT2D eigenvalue weighted by Crippen LogP contribution is -2.32. The van der Waals surface area contributed by atoms with E-state index in [9.17, 15) is 0 Å². The van der Waals surface area contributed by atoms with Crippen molar-refractivity contribution in [3.05, 3.63) is 17.5 Å². The van der Waals surface area contributed by atoms with Crippen molar-refractivity contribution in [1.29, 1.82) is 5.26 Å². The zero-order valence-corrected chi connectivity index (χ0v) is 9.65. The van der Waals surface area contributed by atoms with Crippen molar-refractivity contribution < 1.29 is 0 Å². The number of nitriles is 1. The molecule has 0 unspecified atom stereocenters. The highest BCUT2D eigenvalue weighted by Crippen LogP contribution is 2.12. The molecule has 0 aromatic carbocycles. The second kappa shape index (κ2) is 4.74. The minimum Gasteiger partial charge on any atom is -0.339 e. The highest BCUT2D eigenvalue weighted by molar-refractivity contribution is 5.36. The van der Waals surface area contributed by atoms with Gasteiger partial charge in [0, 0.05) is 18.3 Å². The fraction of sp³-hybridized carbons (Fsp3) is 0.545. The van der Waals surface area contributed by atoms with E-state index in [1.165, 1.54) is 0 Å². The van der Waals surface area contributed by atoms with Gasteiger partial charge in [-0.05, 0) is 33.8 Å². The first-order chi connectivity index (χ1) is 7.08. The number of nitrogens with zero attached hydrogens (tertiary/aromatic N) is 4. The maximum atomic E-state index is 8.82. The topological polar surface area (TPSA) is 52.8 Å². The third-order valence-corrected chi connectivity index (χ3v) is 2.18. The van der Waals surface area contributed by atoms with E-state index < -0.39 is 0 Å². The average molecular weight is 204 g/mol. The van der Waals surface area contributed by atoms with Crippen LogP contribution in [0, 0.1) is 18.3 Å². The van der Waals surface area contributed by atoms with Crippen molar-refractivity contribution in [2.75, 3.05) is 11.4 Å². The van der Waals surface area contributed by atoms with Crippen molar-refractivity contribution in [3.63, 3.8) is 0 Å². The lowest BCUT2D eigenvalue weighted by atomic mass is 10.3. The van der Waals surface area contributed by atoms with Crippen LogP contribution in [0.15, 0.2) is 6.07 Å². The number of aryl methyl sites for hydroxylation is 1. The largest absolute Gasteiger partial charge is 0.339 e. The molecule has 0 aliphatic heterocycles. The summed E-state index contributed by atoms with van der Waals surface area (Å²) in [4.78, 5) is 10.6. The number of hydrogen-bond acceptors (Lipinski definition) is 4. The van der Waals surface area contributed by atoms with E-state index in [4.69, 9.17) is 5.26 Å². The fourth-order valence-corrected chi connectivity index (χ4v) is 1.48. The molecule has 0 radical (unpaired) electrons. The number of anilines is 1. The minimum absolute atomic E-state index is 0.336. The zero-order valence-electron chi connectivity index (χ0n) is 9.65. The summed E-state index contributed by atoms with van der Waals surface area (Å²) in [6.45, 7) is 8.94. The van der Waals surface area contributed by atoms with E-state index in [1.807, 2.05) is 13.0 Å². The lowest BCUT2D eigenvalue weighted by Gasteiger charge is -2.25. The van der Waals surface area contributed by atoms with Gasteiger partial charge in [0.15, 0.2) is 0 Å². The Morgan fingerprint density at radius 1 is 1.47 bits per heavy atom. The van der Waals surface area contributed by atoms with Crippen LogP contribution >= 0.6 is 0 Å². The molecule has 0 fully saturated rings. The lowest BCUT2D eigenvalue weighted by molar-refractivity contribution is 0.678. The molecule has 1 aromatic heterocycles. The van der Waals surface area contributed by atoms with Gasteiger partial charge in [0.25, 0.3) is 0 Å². The molecule has 4 nitrogen and oxygen atoms in total. The zero-order chi connectivity index (χ0) is 11.4. The summed E-state index contributed by atoms with van der Waals surface area (Å²) >= 11 is 0. The quantitative estimate of drug-likeness (QED) is 0.754. The van der Waals surface area contributed by atoms with Crippen LogP contribution in [0.25, 0.3) is 0 Å². The smallest absolute Gasteiger partial charge is 0.227 e. The molecule has 0 atom stereocenters. The molecule has 0 spiro atoms. The molecule has 0 aliphatic carbocycles. The van der Waals surface area contributed by atoms with Gasteiger partial charge in [-0.2, -0.15) is 5.26 Å². The van der Waals surface area contributed by atoms with E-state index in [-0.39, 0.29) is 0 Å². The van der Waals surface area contributed by atoms with Crippen LogP contribution in [0.3, 0.4) is 0 Å². The van der Waals surface area contributed by atoms with Crippen LogP contribution in [0.2, 0.25) is 0 Å². The van der Waals surface area contributed by atoms with Crippen molar-refractivity contribution in [3.8, 4) is 6.07 Å². The Labute approximate surface area is 90.6 Å². The third kappa shape index (κ3) is 2.66. The van der Waals surface area contributed by atoms with Gasteiger partial charge < -0.3 is 4.90 Å². The van der Waals surface area contributed by atoms with Gasteiger partial charge in [0.2, 0.25) is 5.95 Å². The molecule has 1 rings (SSSR count). The molecule has 15 heavy (non-hydrogen) atoms. The van der Waals surface area contributed by atoms with Gasteiger partial charge in [-0.25, -0.2) is 9.97 Å².